The fraction of sp³-hybridized carbons (Fsp3) is 0.263. The van der Waals surface area contributed by atoms with Crippen LogP contribution in [0, 0.1) is 0 Å². The first-order chi connectivity index (χ1) is 12.3. The van der Waals surface area contributed by atoms with Gasteiger partial charge in [-0.25, -0.2) is 0 Å². The van der Waals surface area contributed by atoms with Crippen molar-refractivity contribution in [2.75, 3.05) is 36.8 Å². The lowest BCUT2D eigenvalue weighted by Gasteiger charge is -2.13. The van der Waals surface area contributed by atoms with Gasteiger partial charge in [0.1, 0.15) is 0 Å². The highest BCUT2D eigenvalue weighted by Crippen LogP contribution is 2.16. The van der Waals surface area contributed by atoms with E-state index in [1.165, 1.54) is 0 Å². The maximum Gasteiger partial charge on any atom is 0.253 e. The van der Waals surface area contributed by atoms with Gasteiger partial charge in [0.15, 0.2) is 0 Å². The molecule has 0 unspecified atom stereocenters. The van der Waals surface area contributed by atoms with Crippen molar-refractivity contribution in [1.82, 2.24) is 10.6 Å². The van der Waals surface area contributed by atoms with E-state index < -0.39 is 0 Å². The molecule has 0 spiro atoms. The standard InChI is InChI=1S/C19H22N4O2/c24-18-14-6-1-3-8-16(14)20-12-13-21-17-9-4-2-7-15(17)19(25)23-11-5-10-22-18/h1-4,6-9,20-21H,5,10-13H2,(H,22,24)(H,23,25). The molecule has 0 aliphatic carbocycles. The average Bonchev–Trinajstić information content (AvgIpc) is 2.65. The van der Waals surface area contributed by atoms with Gasteiger partial charge in [-0.05, 0) is 30.7 Å². The molecule has 0 bridgehead atoms. The SMILES string of the molecule is O=C1NCCCNC(=O)c2ccccc2NCCNc2ccccc21. The van der Waals surface area contributed by atoms with Crippen LogP contribution < -0.4 is 21.3 Å². The number of carbonyl (C=O) groups is 2. The van der Waals surface area contributed by atoms with E-state index in [9.17, 15) is 9.59 Å². The zero-order valence-corrected chi connectivity index (χ0v) is 14.0. The normalized spacial score (nSPS) is 15.8. The molecule has 0 saturated carbocycles. The molecule has 0 saturated heterocycles. The van der Waals surface area contributed by atoms with E-state index in [1.807, 2.05) is 36.4 Å². The van der Waals surface area contributed by atoms with Crippen LogP contribution in [0.4, 0.5) is 11.4 Å². The van der Waals surface area contributed by atoms with Crippen LogP contribution >= 0.6 is 0 Å². The third-order valence-electron chi connectivity index (χ3n) is 4.02. The van der Waals surface area contributed by atoms with Gasteiger partial charge in [0.25, 0.3) is 11.8 Å². The molecule has 2 aromatic rings. The lowest BCUT2D eigenvalue weighted by atomic mass is 10.1. The number of hydrogen-bond donors (Lipinski definition) is 4. The smallest absolute Gasteiger partial charge is 0.253 e. The van der Waals surface area contributed by atoms with Gasteiger partial charge in [0, 0.05) is 37.6 Å². The largest absolute Gasteiger partial charge is 0.383 e. The summed E-state index contributed by atoms with van der Waals surface area (Å²) in [5.41, 5.74) is 2.86. The van der Waals surface area contributed by atoms with E-state index in [0.29, 0.717) is 43.7 Å². The predicted molar refractivity (Wildman–Crippen MR) is 99.1 cm³/mol. The Morgan fingerprint density at radius 2 is 1.00 bits per heavy atom. The number of nitrogens with one attached hydrogen (secondary N) is 4. The van der Waals surface area contributed by atoms with Gasteiger partial charge in [-0.15, -0.1) is 0 Å². The molecular formula is C19H22N4O2. The van der Waals surface area contributed by atoms with E-state index in [1.54, 1.807) is 12.1 Å². The average molecular weight is 338 g/mol. The fourth-order valence-electron chi connectivity index (χ4n) is 2.75. The summed E-state index contributed by atoms with van der Waals surface area (Å²) in [7, 11) is 0. The van der Waals surface area contributed by atoms with Gasteiger partial charge in [0.2, 0.25) is 0 Å². The summed E-state index contributed by atoms with van der Waals surface area (Å²) in [5.74, 6) is -0.221. The van der Waals surface area contributed by atoms with Crippen LogP contribution in [0.2, 0.25) is 0 Å². The maximum atomic E-state index is 12.3. The molecular weight excluding hydrogens is 316 g/mol. The molecule has 2 aromatic carbocycles. The summed E-state index contributed by atoms with van der Waals surface area (Å²) >= 11 is 0. The first kappa shape index (κ1) is 16.8. The molecule has 6 heteroatoms. The number of carbonyl (C=O) groups excluding carboxylic acids is 2. The summed E-state index contributed by atoms with van der Waals surface area (Å²) < 4.78 is 0. The molecule has 6 nitrogen and oxygen atoms in total. The van der Waals surface area contributed by atoms with Crippen molar-refractivity contribution in [3.05, 3.63) is 59.7 Å². The van der Waals surface area contributed by atoms with Crippen LogP contribution in [0.5, 0.6) is 0 Å². The number of hydrogen-bond acceptors (Lipinski definition) is 4. The summed E-state index contributed by atoms with van der Waals surface area (Å²) in [5, 5.41) is 12.4. The first-order valence-electron chi connectivity index (χ1n) is 8.48. The molecule has 1 heterocycles. The molecule has 2 amide bonds. The monoisotopic (exact) mass is 338 g/mol. The zero-order valence-electron chi connectivity index (χ0n) is 14.0. The van der Waals surface area contributed by atoms with E-state index in [2.05, 4.69) is 21.3 Å². The first-order valence-corrected chi connectivity index (χ1v) is 8.48. The summed E-state index contributed by atoms with van der Waals surface area (Å²) in [4.78, 5) is 24.7. The Balaban J connectivity index is 1.78. The number of benzene rings is 2. The Hall–Kier alpha value is -3.02. The minimum Gasteiger partial charge on any atom is -0.383 e. The summed E-state index contributed by atoms with van der Waals surface area (Å²) in [6.45, 7) is 2.27. The van der Waals surface area contributed by atoms with Crippen molar-refractivity contribution in [3.63, 3.8) is 0 Å². The van der Waals surface area contributed by atoms with E-state index in [4.69, 9.17) is 0 Å². The second-order valence-corrected chi connectivity index (χ2v) is 5.81. The van der Waals surface area contributed by atoms with Crippen molar-refractivity contribution in [2.24, 2.45) is 0 Å². The molecule has 0 aromatic heterocycles. The van der Waals surface area contributed by atoms with Crippen LogP contribution in [0.15, 0.2) is 48.5 Å². The van der Waals surface area contributed by atoms with Gasteiger partial charge in [0.05, 0.1) is 11.1 Å². The van der Waals surface area contributed by atoms with Crippen molar-refractivity contribution < 1.29 is 9.59 Å². The second-order valence-electron chi connectivity index (χ2n) is 5.81. The van der Waals surface area contributed by atoms with Gasteiger partial charge in [-0.2, -0.15) is 0 Å². The maximum absolute atomic E-state index is 12.3. The second kappa shape index (κ2) is 8.19. The Labute approximate surface area is 147 Å². The van der Waals surface area contributed by atoms with Crippen LogP contribution in [-0.4, -0.2) is 38.0 Å². The van der Waals surface area contributed by atoms with Crippen LogP contribution in [-0.2, 0) is 0 Å². The van der Waals surface area contributed by atoms with Crippen molar-refractivity contribution >= 4 is 23.2 Å². The number of fused-ring (bicyclic) bond motifs is 2. The Morgan fingerprint density at radius 3 is 1.48 bits per heavy atom. The minimum atomic E-state index is -0.111. The van der Waals surface area contributed by atoms with E-state index >= 15 is 0 Å². The third-order valence-corrected chi connectivity index (χ3v) is 4.02. The van der Waals surface area contributed by atoms with Crippen molar-refractivity contribution in [3.8, 4) is 0 Å². The zero-order chi connectivity index (χ0) is 17.5. The lowest BCUT2D eigenvalue weighted by Crippen LogP contribution is -2.30. The van der Waals surface area contributed by atoms with Crippen LogP contribution in [0.25, 0.3) is 0 Å². The van der Waals surface area contributed by atoms with Gasteiger partial charge >= 0.3 is 0 Å². The molecule has 25 heavy (non-hydrogen) atoms. The fourth-order valence-corrected chi connectivity index (χ4v) is 2.75. The Kier molecular flexibility index (Phi) is 5.51. The summed E-state index contributed by atoms with van der Waals surface area (Å²) in [6, 6.07) is 14.9. The quantitative estimate of drug-likeness (QED) is 0.593. The third kappa shape index (κ3) is 4.29. The highest BCUT2D eigenvalue weighted by atomic mass is 16.2. The molecule has 4 N–H and O–H groups in total. The van der Waals surface area contributed by atoms with Gasteiger partial charge < -0.3 is 21.3 Å². The number of amides is 2. The van der Waals surface area contributed by atoms with Gasteiger partial charge in [-0.1, -0.05) is 24.3 Å². The number of anilines is 2. The molecule has 0 fully saturated rings. The Bertz CT molecular complexity index is 697. The minimum absolute atomic E-state index is 0.111. The predicted octanol–water partition coefficient (Wildman–Crippen LogP) is 2.07. The van der Waals surface area contributed by atoms with Crippen LogP contribution in [0.1, 0.15) is 27.1 Å². The number of rotatable bonds is 0. The van der Waals surface area contributed by atoms with E-state index in [0.717, 1.165) is 11.4 Å². The van der Waals surface area contributed by atoms with Gasteiger partial charge in [-0.3, -0.25) is 9.59 Å². The molecule has 130 valence electrons. The molecule has 3 rings (SSSR count). The van der Waals surface area contributed by atoms with Crippen molar-refractivity contribution in [1.29, 1.82) is 0 Å². The number of para-hydroxylation sites is 2. The highest BCUT2D eigenvalue weighted by Gasteiger charge is 2.12. The molecule has 0 radical (unpaired) electrons. The highest BCUT2D eigenvalue weighted by molar-refractivity contribution is 6.00. The van der Waals surface area contributed by atoms with Crippen LogP contribution in [0.3, 0.4) is 0 Å². The Morgan fingerprint density at radius 1 is 0.560 bits per heavy atom. The summed E-state index contributed by atoms with van der Waals surface area (Å²) in [6.07, 6.45) is 0.669. The van der Waals surface area contributed by atoms with E-state index in [-0.39, 0.29) is 11.8 Å². The van der Waals surface area contributed by atoms with Crippen molar-refractivity contribution in [2.45, 2.75) is 6.42 Å². The lowest BCUT2D eigenvalue weighted by molar-refractivity contribution is 0.0952. The topological polar surface area (TPSA) is 82.3 Å². The molecule has 0 atom stereocenters. The molecule has 1 aliphatic rings. The molecule has 1 aliphatic heterocycles.